The van der Waals surface area contributed by atoms with Crippen LogP contribution in [0, 0.1) is 0 Å². The maximum Gasteiger partial charge on any atom is 0.227 e. The van der Waals surface area contributed by atoms with Crippen LogP contribution in [0.25, 0.3) is 11.4 Å². The molecule has 0 aliphatic rings. The van der Waals surface area contributed by atoms with Crippen molar-refractivity contribution in [1.82, 2.24) is 14.8 Å². The summed E-state index contributed by atoms with van der Waals surface area (Å²) in [6.45, 7) is 0.675. The Hall–Kier alpha value is -2.80. The molecular weight excluding hydrogens is 336 g/mol. The number of carbonyl (C=O) groups is 1. The van der Waals surface area contributed by atoms with Crippen molar-refractivity contribution in [3.8, 4) is 17.1 Å². The topological polar surface area (TPSA) is 94.0 Å². The van der Waals surface area contributed by atoms with Gasteiger partial charge in [-0.05, 0) is 36.2 Å². The second kappa shape index (κ2) is 7.85. The first-order valence-electron chi connectivity index (χ1n) is 7.81. The zero-order valence-electron chi connectivity index (χ0n) is 13.5. The minimum absolute atomic E-state index is 0.152. The molecule has 1 heterocycles. The minimum Gasteiger partial charge on any atom is -0.508 e. The third-order valence-corrected chi connectivity index (χ3v) is 4.64. The summed E-state index contributed by atoms with van der Waals surface area (Å²) < 4.78 is 1.98. The van der Waals surface area contributed by atoms with Crippen molar-refractivity contribution in [3.63, 3.8) is 0 Å². The largest absolute Gasteiger partial charge is 0.508 e. The van der Waals surface area contributed by atoms with Gasteiger partial charge in [0.05, 0.1) is 5.75 Å². The van der Waals surface area contributed by atoms with Crippen LogP contribution in [0.5, 0.6) is 5.75 Å². The van der Waals surface area contributed by atoms with Crippen molar-refractivity contribution in [2.45, 2.75) is 18.1 Å². The minimum atomic E-state index is -0.395. The van der Waals surface area contributed by atoms with Gasteiger partial charge in [-0.2, -0.15) is 0 Å². The van der Waals surface area contributed by atoms with E-state index in [1.165, 1.54) is 17.3 Å². The molecule has 0 saturated carbocycles. The van der Waals surface area contributed by atoms with Crippen LogP contribution in [0.3, 0.4) is 0 Å². The summed E-state index contributed by atoms with van der Waals surface area (Å²) in [4.78, 5) is 11.1. The number of phenolic OH excluding ortho intramolecular Hbond substituents is 1. The number of rotatable bonds is 7. The average Bonchev–Trinajstić information content (AvgIpc) is 3.02. The van der Waals surface area contributed by atoms with Crippen molar-refractivity contribution in [1.29, 1.82) is 0 Å². The summed E-state index contributed by atoms with van der Waals surface area (Å²) in [5.41, 5.74) is 7.30. The Kier molecular flexibility index (Phi) is 5.35. The first kappa shape index (κ1) is 17.0. The van der Waals surface area contributed by atoms with Crippen LogP contribution in [-0.2, 0) is 17.8 Å². The number of hydrogen-bond donors (Lipinski definition) is 2. The lowest BCUT2D eigenvalue weighted by molar-refractivity contribution is -0.115. The molecule has 0 aliphatic carbocycles. The van der Waals surface area contributed by atoms with E-state index in [0.717, 1.165) is 12.0 Å². The normalized spacial score (nSPS) is 10.7. The van der Waals surface area contributed by atoms with Crippen LogP contribution in [0.4, 0.5) is 0 Å². The molecule has 0 spiro atoms. The molecule has 0 atom stereocenters. The van der Waals surface area contributed by atoms with E-state index in [1.54, 1.807) is 24.3 Å². The molecule has 3 rings (SSSR count). The number of aryl methyl sites for hydroxylation is 1. The van der Waals surface area contributed by atoms with Gasteiger partial charge in [-0.3, -0.25) is 4.79 Å². The van der Waals surface area contributed by atoms with E-state index >= 15 is 0 Å². The van der Waals surface area contributed by atoms with Crippen LogP contribution in [-0.4, -0.2) is 31.5 Å². The monoisotopic (exact) mass is 354 g/mol. The first-order chi connectivity index (χ1) is 12.1. The molecule has 6 nitrogen and oxygen atoms in total. The third-order valence-electron chi connectivity index (χ3n) is 3.65. The second-order valence-corrected chi connectivity index (χ2v) is 6.44. The Morgan fingerprint density at radius 3 is 2.48 bits per heavy atom. The Bertz CT molecular complexity index is 847. The summed E-state index contributed by atoms with van der Waals surface area (Å²) in [5, 5.41) is 18.6. The maximum atomic E-state index is 11.1. The fraction of sp³-hybridized carbons (Fsp3) is 0.167. The Balaban J connectivity index is 1.88. The molecule has 1 aromatic heterocycles. The zero-order valence-corrected chi connectivity index (χ0v) is 14.3. The summed E-state index contributed by atoms with van der Waals surface area (Å²) >= 11 is 1.27. The van der Waals surface area contributed by atoms with E-state index in [4.69, 9.17) is 5.73 Å². The number of nitrogens with zero attached hydrogens (tertiary/aromatic N) is 3. The van der Waals surface area contributed by atoms with E-state index < -0.39 is 5.91 Å². The van der Waals surface area contributed by atoms with Crippen molar-refractivity contribution in [2.24, 2.45) is 5.73 Å². The highest BCUT2D eigenvalue weighted by Crippen LogP contribution is 2.25. The average molecular weight is 354 g/mol. The van der Waals surface area contributed by atoms with Gasteiger partial charge in [-0.15, -0.1) is 10.2 Å². The number of amides is 1. The number of phenols is 1. The van der Waals surface area contributed by atoms with Gasteiger partial charge in [0.25, 0.3) is 0 Å². The van der Waals surface area contributed by atoms with E-state index in [9.17, 15) is 9.90 Å². The molecule has 7 heteroatoms. The number of aromatic hydroxyl groups is 1. The molecule has 2 aromatic carbocycles. The van der Waals surface area contributed by atoms with E-state index in [1.807, 2.05) is 22.8 Å². The summed E-state index contributed by atoms with van der Waals surface area (Å²) in [6, 6.07) is 16.9. The van der Waals surface area contributed by atoms with E-state index in [2.05, 4.69) is 22.3 Å². The van der Waals surface area contributed by atoms with Gasteiger partial charge in [0.2, 0.25) is 5.91 Å². The van der Waals surface area contributed by atoms with Gasteiger partial charge >= 0.3 is 0 Å². The van der Waals surface area contributed by atoms with Gasteiger partial charge < -0.3 is 15.4 Å². The lowest BCUT2D eigenvalue weighted by Gasteiger charge is -2.10. The van der Waals surface area contributed by atoms with Crippen molar-refractivity contribution < 1.29 is 9.90 Å². The van der Waals surface area contributed by atoms with Crippen LogP contribution in [0.1, 0.15) is 5.56 Å². The fourth-order valence-electron chi connectivity index (χ4n) is 2.44. The molecule has 0 saturated heterocycles. The first-order valence-corrected chi connectivity index (χ1v) is 8.79. The number of nitrogens with two attached hydrogens (primary N) is 1. The molecule has 25 heavy (non-hydrogen) atoms. The van der Waals surface area contributed by atoms with Crippen LogP contribution < -0.4 is 5.73 Å². The summed E-state index contributed by atoms with van der Waals surface area (Å²) in [7, 11) is 0. The molecule has 0 radical (unpaired) electrons. The summed E-state index contributed by atoms with van der Waals surface area (Å²) in [6.07, 6.45) is 0.814. The van der Waals surface area contributed by atoms with Gasteiger partial charge in [0, 0.05) is 12.1 Å². The standard InChI is InChI=1S/C18H18N4O2S/c19-16(24)12-25-18-21-20-17(14-6-8-15(23)9-7-14)22(18)11-10-13-4-2-1-3-5-13/h1-9,23H,10-12H2,(H2,19,24). The molecule has 0 bridgehead atoms. The fourth-order valence-corrected chi connectivity index (χ4v) is 3.15. The molecule has 1 amide bonds. The molecule has 0 unspecified atom stereocenters. The molecule has 3 N–H and O–H groups in total. The van der Waals surface area contributed by atoms with Crippen molar-refractivity contribution in [2.75, 3.05) is 5.75 Å². The van der Waals surface area contributed by atoms with Gasteiger partial charge in [-0.1, -0.05) is 42.1 Å². The number of benzene rings is 2. The highest BCUT2D eigenvalue weighted by molar-refractivity contribution is 7.99. The number of thioether (sulfide) groups is 1. The Morgan fingerprint density at radius 1 is 1.08 bits per heavy atom. The Labute approximate surface area is 149 Å². The molecule has 128 valence electrons. The van der Waals surface area contributed by atoms with E-state index in [-0.39, 0.29) is 11.5 Å². The highest BCUT2D eigenvalue weighted by atomic mass is 32.2. The molecule has 0 fully saturated rings. The van der Waals surface area contributed by atoms with Gasteiger partial charge in [0.15, 0.2) is 11.0 Å². The molecule has 0 aliphatic heterocycles. The van der Waals surface area contributed by atoms with Crippen LogP contribution in [0.2, 0.25) is 0 Å². The lowest BCUT2D eigenvalue weighted by Crippen LogP contribution is -2.14. The SMILES string of the molecule is NC(=O)CSc1nnc(-c2ccc(O)cc2)n1CCc1ccccc1. The van der Waals surface area contributed by atoms with Crippen LogP contribution in [0.15, 0.2) is 59.8 Å². The smallest absolute Gasteiger partial charge is 0.227 e. The Morgan fingerprint density at radius 2 is 1.80 bits per heavy atom. The number of primary amides is 1. The second-order valence-electron chi connectivity index (χ2n) is 5.50. The van der Waals surface area contributed by atoms with Crippen LogP contribution >= 0.6 is 11.8 Å². The maximum absolute atomic E-state index is 11.1. The van der Waals surface area contributed by atoms with E-state index in [0.29, 0.717) is 17.5 Å². The third kappa shape index (κ3) is 4.39. The highest BCUT2D eigenvalue weighted by Gasteiger charge is 2.15. The molecular formula is C18H18N4O2S. The molecule has 3 aromatic rings. The van der Waals surface area contributed by atoms with Crippen molar-refractivity contribution in [3.05, 3.63) is 60.2 Å². The van der Waals surface area contributed by atoms with Crippen molar-refractivity contribution >= 4 is 17.7 Å². The lowest BCUT2D eigenvalue weighted by atomic mass is 10.1. The number of aromatic nitrogens is 3. The zero-order chi connectivity index (χ0) is 17.6. The quantitative estimate of drug-likeness (QED) is 0.636. The van der Waals surface area contributed by atoms with Gasteiger partial charge in [-0.25, -0.2) is 0 Å². The number of carbonyl (C=O) groups excluding carboxylic acids is 1. The predicted molar refractivity (Wildman–Crippen MR) is 97.2 cm³/mol. The summed E-state index contributed by atoms with van der Waals surface area (Å²) in [5.74, 6) is 0.651. The number of hydrogen-bond acceptors (Lipinski definition) is 5. The predicted octanol–water partition coefficient (Wildman–Crippen LogP) is 2.47. The van der Waals surface area contributed by atoms with Gasteiger partial charge in [0.1, 0.15) is 5.75 Å².